The molecule has 5 nitrogen and oxygen atoms in total. The molecule has 1 unspecified atom stereocenters. The molecule has 0 aliphatic carbocycles. The van der Waals surface area contributed by atoms with Gasteiger partial charge >= 0.3 is 6.09 Å². The van der Waals surface area contributed by atoms with E-state index in [0.29, 0.717) is 26.3 Å². The minimum absolute atomic E-state index is 0.291. The van der Waals surface area contributed by atoms with Crippen LogP contribution in [0.4, 0.5) is 10.5 Å². The number of nitrogens with two attached hydrogens (primary N) is 1. The fourth-order valence-electron chi connectivity index (χ4n) is 2.43. The van der Waals surface area contributed by atoms with Crippen molar-refractivity contribution >= 4 is 11.8 Å². The van der Waals surface area contributed by atoms with Gasteiger partial charge in [-0.15, -0.1) is 0 Å². The number of anilines is 1. The Morgan fingerprint density at radius 3 is 2.72 bits per heavy atom. The lowest BCUT2D eigenvalue weighted by molar-refractivity contribution is 0.0435. The van der Waals surface area contributed by atoms with Crippen molar-refractivity contribution in [2.75, 3.05) is 24.7 Å². The van der Waals surface area contributed by atoms with Gasteiger partial charge in [0, 0.05) is 18.7 Å². The van der Waals surface area contributed by atoms with Crippen LogP contribution in [-0.2, 0) is 16.0 Å². The third-order valence-electron chi connectivity index (χ3n) is 3.52. The van der Waals surface area contributed by atoms with Crippen LogP contribution in [0, 0.1) is 0 Å². The monoisotopic (exact) mass is 248 g/mol. The highest BCUT2D eigenvalue weighted by molar-refractivity contribution is 5.90. The highest BCUT2D eigenvalue weighted by Gasteiger charge is 2.48. The summed E-state index contributed by atoms with van der Waals surface area (Å²) in [7, 11) is 0. The van der Waals surface area contributed by atoms with Crippen molar-refractivity contribution in [2.45, 2.75) is 18.6 Å². The van der Waals surface area contributed by atoms with Gasteiger partial charge in [-0.2, -0.15) is 0 Å². The summed E-state index contributed by atoms with van der Waals surface area (Å²) in [6.07, 6.45) is 0.483. The Morgan fingerprint density at radius 1 is 1.33 bits per heavy atom. The molecule has 3 rings (SSSR count). The summed E-state index contributed by atoms with van der Waals surface area (Å²) in [5.41, 5.74) is 7.01. The molecule has 2 fully saturated rings. The molecule has 2 aliphatic rings. The molecule has 1 aromatic rings. The summed E-state index contributed by atoms with van der Waals surface area (Å²) in [6, 6.07) is 7.66. The van der Waals surface area contributed by atoms with Crippen LogP contribution in [0.15, 0.2) is 24.3 Å². The number of rotatable bonds is 2. The summed E-state index contributed by atoms with van der Waals surface area (Å²) in [6.45, 7) is 2.22. The van der Waals surface area contributed by atoms with E-state index in [1.54, 1.807) is 4.90 Å². The van der Waals surface area contributed by atoms with E-state index in [4.69, 9.17) is 15.2 Å². The van der Waals surface area contributed by atoms with Crippen LogP contribution in [0.5, 0.6) is 0 Å². The van der Waals surface area contributed by atoms with Gasteiger partial charge in [-0.05, 0) is 17.7 Å². The Labute approximate surface area is 105 Å². The van der Waals surface area contributed by atoms with Crippen LogP contribution in [-0.4, -0.2) is 31.5 Å². The third kappa shape index (κ3) is 1.85. The van der Waals surface area contributed by atoms with Gasteiger partial charge in [0.15, 0.2) is 5.60 Å². The maximum absolute atomic E-state index is 11.9. The van der Waals surface area contributed by atoms with Gasteiger partial charge in [-0.1, -0.05) is 12.1 Å². The largest absolute Gasteiger partial charge is 0.438 e. The molecular weight excluding hydrogens is 232 g/mol. The fraction of sp³-hybridized carbons (Fsp3) is 0.462. The van der Waals surface area contributed by atoms with Crippen LogP contribution in [0.25, 0.3) is 0 Å². The number of carbonyl (C=O) groups excluding carboxylic acids is 1. The molecule has 1 amide bonds. The molecule has 0 aromatic heterocycles. The topological polar surface area (TPSA) is 64.8 Å². The van der Waals surface area contributed by atoms with Gasteiger partial charge in [0.1, 0.15) is 0 Å². The maximum Gasteiger partial charge on any atom is 0.415 e. The van der Waals surface area contributed by atoms with Gasteiger partial charge in [0.05, 0.1) is 19.8 Å². The Bertz CT molecular complexity index is 452. The fourth-order valence-corrected chi connectivity index (χ4v) is 2.43. The van der Waals surface area contributed by atoms with Crippen molar-refractivity contribution in [2.24, 2.45) is 5.73 Å². The first kappa shape index (κ1) is 11.5. The number of benzene rings is 1. The van der Waals surface area contributed by atoms with E-state index in [-0.39, 0.29) is 6.09 Å². The first-order valence-corrected chi connectivity index (χ1v) is 6.10. The van der Waals surface area contributed by atoms with Gasteiger partial charge in [-0.3, -0.25) is 4.90 Å². The predicted octanol–water partition coefficient (Wildman–Crippen LogP) is 1.26. The predicted molar refractivity (Wildman–Crippen MR) is 66.3 cm³/mol. The van der Waals surface area contributed by atoms with E-state index in [2.05, 4.69) is 0 Å². The van der Waals surface area contributed by atoms with Gasteiger partial charge in [0.25, 0.3) is 0 Å². The van der Waals surface area contributed by atoms with E-state index in [9.17, 15) is 4.79 Å². The highest BCUT2D eigenvalue weighted by Crippen LogP contribution is 2.33. The Balaban J connectivity index is 1.81. The first-order valence-electron chi connectivity index (χ1n) is 6.10. The second-order valence-electron chi connectivity index (χ2n) is 4.81. The minimum Gasteiger partial charge on any atom is -0.438 e. The van der Waals surface area contributed by atoms with E-state index < -0.39 is 5.60 Å². The second-order valence-corrected chi connectivity index (χ2v) is 4.81. The summed E-state index contributed by atoms with van der Waals surface area (Å²) >= 11 is 0. The van der Waals surface area contributed by atoms with E-state index in [1.807, 2.05) is 24.3 Å². The van der Waals surface area contributed by atoms with E-state index in [0.717, 1.165) is 17.7 Å². The smallest absolute Gasteiger partial charge is 0.415 e. The molecule has 1 spiro atoms. The number of ether oxygens (including phenoxy) is 2. The molecule has 1 aromatic carbocycles. The molecule has 1 atom stereocenters. The summed E-state index contributed by atoms with van der Waals surface area (Å²) in [5.74, 6) is 0. The number of hydrogen-bond acceptors (Lipinski definition) is 4. The highest BCUT2D eigenvalue weighted by atomic mass is 16.6. The van der Waals surface area contributed by atoms with E-state index >= 15 is 0 Å². The zero-order valence-corrected chi connectivity index (χ0v) is 10.1. The van der Waals surface area contributed by atoms with Crippen LogP contribution < -0.4 is 10.6 Å². The lowest BCUT2D eigenvalue weighted by atomic mass is 10.0. The molecule has 0 bridgehead atoms. The van der Waals surface area contributed by atoms with Gasteiger partial charge < -0.3 is 15.2 Å². The van der Waals surface area contributed by atoms with Gasteiger partial charge in [0.2, 0.25) is 0 Å². The normalized spacial score (nSPS) is 26.9. The summed E-state index contributed by atoms with van der Waals surface area (Å²) in [5, 5.41) is 0. The molecule has 96 valence electrons. The minimum atomic E-state index is -0.441. The molecule has 2 saturated heterocycles. The lowest BCUT2D eigenvalue weighted by Gasteiger charge is -2.18. The molecule has 0 saturated carbocycles. The zero-order chi connectivity index (χ0) is 12.6. The SMILES string of the molecule is NCc1ccc(N2CC3(CCOC3)OC2=O)cc1. The quantitative estimate of drug-likeness (QED) is 0.855. The van der Waals surface area contributed by atoms with Crippen molar-refractivity contribution in [3.8, 4) is 0 Å². The average molecular weight is 248 g/mol. The Hall–Kier alpha value is -1.59. The molecule has 2 heterocycles. The second kappa shape index (κ2) is 4.26. The average Bonchev–Trinajstić information content (AvgIpc) is 2.97. The number of carbonyl (C=O) groups is 1. The van der Waals surface area contributed by atoms with Crippen molar-refractivity contribution < 1.29 is 14.3 Å². The van der Waals surface area contributed by atoms with Crippen molar-refractivity contribution in [1.82, 2.24) is 0 Å². The summed E-state index contributed by atoms with van der Waals surface area (Å²) in [4.78, 5) is 13.6. The molecular formula is C13H16N2O3. The lowest BCUT2D eigenvalue weighted by Crippen LogP contribution is -2.34. The zero-order valence-electron chi connectivity index (χ0n) is 10.1. The first-order chi connectivity index (χ1) is 8.72. The molecule has 18 heavy (non-hydrogen) atoms. The van der Waals surface area contributed by atoms with Crippen LogP contribution in [0.2, 0.25) is 0 Å². The Morgan fingerprint density at radius 2 is 2.11 bits per heavy atom. The number of amides is 1. The Kier molecular flexibility index (Phi) is 2.72. The van der Waals surface area contributed by atoms with Crippen LogP contribution in [0.1, 0.15) is 12.0 Å². The van der Waals surface area contributed by atoms with E-state index in [1.165, 1.54) is 0 Å². The van der Waals surface area contributed by atoms with Crippen LogP contribution >= 0.6 is 0 Å². The summed E-state index contributed by atoms with van der Waals surface area (Å²) < 4.78 is 10.8. The van der Waals surface area contributed by atoms with Crippen molar-refractivity contribution in [3.05, 3.63) is 29.8 Å². The number of hydrogen-bond donors (Lipinski definition) is 1. The molecule has 2 N–H and O–H groups in total. The number of nitrogens with zero attached hydrogens (tertiary/aromatic N) is 1. The molecule has 2 aliphatic heterocycles. The van der Waals surface area contributed by atoms with Crippen molar-refractivity contribution in [1.29, 1.82) is 0 Å². The van der Waals surface area contributed by atoms with Crippen molar-refractivity contribution in [3.63, 3.8) is 0 Å². The van der Waals surface area contributed by atoms with Crippen LogP contribution in [0.3, 0.4) is 0 Å². The van der Waals surface area contributed by atoms with Gasteiger partial charge in [-0.25, -0.2) is 4.79 Å². The molecule has 0 radical (unpaired) electrons. The third-order valence-corrected chi connectivity index (χ3v) is 3.52. The maximum atomic E-state index is 11.9. The standard InChI is InChI=1S/C13H16N2O3/c14-7-10-1-3-11(4-2-10)15-8-13(18-12(15)16)5-6-17-9-13/h1-4H,5-9,14H2. The molecule has 5 heteroatoms.